The van der Waals surface area contributed by atoms with Gasteiger partial charge >= 0.3 is 0 Å². The minimum atomic E-state index is -0.114. The molecule has 0 amide bonds. The van der Waals surface area contributed by atoms with Crippen LogP contribution in [0.2, 0.25) is 5.02 Å². The van der Waals surface area contributed by atoms with Crippen molar-refractivity contribution in [1.29, 1.82) is 0 Å². The topological polar surface area (TPSA) is 29.1 Å². The Bertz CT molecular complexity index is 785. The Morgan fingerprint density at radius 1 is 0.833 bits per heavy atom. The molecule has 2 nitrogen and oxygen atoms in total. The molecule has 0 fully saturated rings. The first kappa shape index (κ1) is 16.3. The van der Waals surface area contributed by atoms with E-state index in [-0.39, 0.29) is 11.8 Å². The van der Waals surface area contributed by atoms with Gasteiger partial charge in [0, 0.05) is 22.7 Å². The molecule has 1 unspecified atom stereocenters. The zero-order valence-electron chi connectivity index (χ0n) is 13.2. The third kappa shape index (κ3) is 4.24. The van der Waals surface area contributed by atoms with Gasteiger partial charge in [-0.05, 0) is 29.8 Å². The number of ketones is 1. The molecular weight excluding hydrogens is 318 g/mol. The van der Waals surface area contributed by atoms with E-state index < -0.39 is 0 Å². The van der Waals surface area contributed by atoms with E-state index in [2.05, 4.69) is 5.32 Å². The largest absolute Gasteiger partial charge is 0.378 e. The summed E-state index contributed by atoms with van der Waals surface area (Å²) in [5.74, 6) is 0.110. The van der Waals surface area contributed by atoms with Crippen molar-refractivity contribution < 1.29 is 4.79 Å². The van der Waals surface area contributed by atoms with Gasteiger partial charge in [0.15, 0.2) is 5.78 Å². The highest BCUT2D eigenvalue weighted by Crippen LogP contribution is 2.25. The summed E-state index contributed by atoms with van der Waals surface area (Å²) < 4.78 is 0. The number of halogens is 1. The quantitative estimate of drug-likeness (QED) is 0.580. The summed E-state index contributed by atoms with van der Waals surface area (Å²) in [5, 5.41) is 4.14. The molecule has 0 heterocycles. The molecule has 1 atom stereocenters. The second-order valence-electron chi connectivity index (χ2n) is 5.61. The molecule has 0 saturated heterocycles. The van der Waals surface area contributed by atoms with Crippen LogP contribution in [0.1, 0.15) is 28.4 Å². The van der Waals surface area contributed by atoms with E-state index in [1.807, 2.05) is 84.9 Å². The first-order valence-corrected chi connectivity index (χ1v) is 8.25. The summed E-state index contributed by atoms with van der Waals surface area (Å²) >= 11 is 5.99. The molecule has 0 saturated carbocycles. The molecule has 0 radical (unpaired) electrons. The number of benzene rings is 3. The molecule has 0 aromatic heterocycles. The molecule has 3 heteroatoms. The zero-order chi connectivity index (χ0) is 16.8. The number of para-hydroxylation sites is 1. The number of hydrogen-bond donors (Lipinski definition) is 1. The fourth-order valence-electron chi connectivity index (χ4n) is 2.61. The summed E-state index contributed by atoms with van der Waals surface area (Å²) in [4.78, 5) is 12.6. The Balaban J connectivity index is 1.84. The first-order valence-electron chi connectivity index (χ1n) is 7.87. The van der Waals surface area contributed by atoms with Crippen molar-refractivity contribution in [3.8, 4) is 0 Å². The van der Waals surface area contributed by atoms with Gasteiger partial charge in [0.1, 0.15) is 0 Å². The van der Waals surface area contributed by atoms with Gasteiger partial charge in [-0.3, -0.25) is 4.79 Å². The van der Waals surface area contributed by atoms with Crippen LogP contribution in [-0.2, 0) is 0 Å². The number of Topliss-reactive ketones (excluding diaryl/α,β-unsaturated/α-hetero) is 1. The fraction of sp³-hybridized carbons (Fsp3) is 0.0952. The van der Waals surface area contributed by atoms with Crippen LogP contribution in [0.25, 0.3) is 0 Å². The smallest absolute Gasteiger partial charge is 0.165 e. The van der Waals surface area contributed by atoms with Crippen LogP contribution in [0.5, 0.6) is 0 Å². The maximum absolute atomic E-state index is 12.6. The third-order valence-electron chi connectivity index (χ3n) is 3.87. The fourth-order valence-corrected chi connectivity index (χ4v) is 2.74. The minimum absolute atomic E-state index is 0.110. The van der Waals surface area contributed by atoms with Crippen molar-refractivity contribution in [2.75, 3.05) is 5.32 Å². The number of anilines is 1. The van der Waals surface area contributed by atoms with E-state index in [0.29, 0.717) is 11.4 Å². The van der Waals surface area contributed by atoms with E-state index in [1.165, 1.54) is 0 Å². The van der Waals surface area contributed by atoms with Gasteiger partial charge in [-0.25, -0.2) is 0 Å². The summed E-state index contributed by atoms with van der Waals surface area (Å²) in [6.07, 6.45) is 0.376. The molecule has 0 aliphatic rings. The van der Waals surface area contributed by atoms with E-state index in [4.69, 9.17) is 11.6 Å². The maximum Gasteiger partial charge on any atom is 0.165 e. The van der Waals surface area contributed by atoms with Gasteiger partial charge in [-0.15, -0.1) is 0 Å². The Morgan fingerprint density at radius 2 is 1.42 bits per heavy atom. The molecule has 3 aromatic rings. The van der Waals surface area contributed by atoms with E-state index >= 15 is 0 Å². The standard InChI is InChI=1S/C21H18ClNO/c22-18-13-11-16(12-14-18)20(23-19-9-5-2-6-10-19)15-21(24)17-7-3-1-4-8-17/h1-14,20,23H,15H2. The van der Waals surface area contributed by atoms with Crippen LogP contribution in [0, 0.1) is 0 Å². The number of nitrogens with one attached hydrogen (secondary N) is 1. The van der Waals surface area contributed by atoms with Crippen molar-refractivity contribution in [2.45, 2.75) is 12.5 Å². The predicted octanol–water partition coefficient (Wildman–Crippen LogP) is 5.77. The first-order chi connectivity index (χ1) is 11.7. The van der Waals surface area contributed by atoms with Crippen LogP contribution in [0.4, 0.5) is 5.69 Å². The zero-order valence-corrected chi connectivity index (χ0v) is 13.9. The summed E-state index contributed by atoms with van der Waals surface area (Å²) in [7, 11) is 0. The molecule has 0 aliphatic heterocycles. The highest BCUT2D eigenvalue weighted by Gasteiger charge is 2.17. The molecule has 0 aliphatic carbocycles. The molecule has 3 aromatic carbocycles. The lowest BCUT2D eigenvalue weighted by molar-refractivity contribution is 0.0976. The second kappa shape index (κ2) is 7.80. The average molecular weight is 336 g/mol. The van der Waals surface area contributed by atoms with E-state index in [0.717, 1.165) is 16.8 Å². The molecule has 120 valence electrons. The van der Waals surface area contributed by atoms with Crippen molar-refractivity contribution in [3.63, 3.8) is 0 Å². The SMILES string of the molecule is O=C(CC(Nc1ccccc1)c1ccc(Cl)cc1)c1ccccc1. The van der Waals surface area contributed by atoms with Gasteiger partial charge in [-0.2, -0.15) is 0 Å². The Morgan fingerprint density at radius 3 is 2.04 bits per heavy atom. The highest BCUT2D eigenvalue weighted by molar-refractivity contribution is 6.30. The van der Waals surface area contributed by atoms with Crippen LogP contribution < -0.4 is 5.32 Å². The monoisotopic (exact) mass is 335 g/mol. The highest BCUT2D eigenvalue weighted by atomic mass is 35.5. The Kier molecular flexibility index (Phi) is 5.29. The van der Waals surface area contributed by atoms with Gasteiger partial charge in [0.2, 0.25) is 0 Å². The van der Waals surface area contributed by atoms with Crippen molar-refractivity contribution >= 4 is 23.1 Å². The lowest BCUT2D eigenvalue weighted by Gasteiger charge is -2.20. The normalized spacial score (nSPS) is 11.7. The lowest BCUT2D eigenvalue weighted by Crippen LogP contribution is -2.15. The van der Waals surface area contributed by atoms with Crippen molar-refractivity contribution in [1.82, 2.24) is 0 Å². The van der Waals surface area contributed by atoms with Crippen LogP contribution >= 0.6 is 11.6 Å². The van der Waals surface area contributed by atoms with Crippen LogP contribution in [0.15, 0.2) is 84.9 Å². The second-order valence-corrected chi connectivity index (χ2v) is 6.04. The Hall–Kier alpha value is -2.58. The number of hydrogen-bond acceptors (Lipinski definition) is 2. The molecule has 24 heavy (non-hydrogen) atoms. The Labute approximate surface area is 147 Å². The molecular formula is C21H18ClNO. The minimum Gasteiger partial charge on any atom is -0.378 e. The number of carbonyl (C=O) groups excluding carboxylic acids is 1. The lowest BCUT2D eigenvalue weighted by atomic mass is 9.97. The van der Waals surface area contributed by atoms with Crippen molar-refractivity contribution in [2.24, 2.45) is 0 Å². The van der Waals surface area contributed by atoms with Crippen LogP contribution in [-0.4, -0.2) is 5.78 Å². The van der Waals surface area contributed by atoms with Gasteiger partial charge in [-0.1, -0.05) is 72.3 Å². The molecule has 0 bridgehead atoms. The third-order valence-corrected chi connectivity index (χ3v) is 4.12. The van der Waals surface area contributed by atoms with E-state index in [9.17, 15) is 4.79 Å². The van der Waals surface area contributed by atoms with Gasteiger partial charge in [0.25, 0.3) is 0 Å². The van der Waals surface area contributed by atoms with Crippen LogP contribution in [0.3, 0.4) is 0 Å². The molecule has 3 rings (SSSR count). The predicted molar refractivity (Wildman–Crippen MR) is 99.6 cm³/mol. The maximum atomic E-state index is 12.6. The van der Waals surface area contributed by atoms with Gasteiger partial charge < -0.3 is 5.32 Å². The molecule has 0 spiro atoms. The summed E-state index contributed by atoms with van der Waals surface area (Å²) in [5.41, 5.74) is 2.75. The molecule has 1 N–H and O–H groups in total. The summed E-state index contributed by atoms with van der Waals surface area (Å²) in [6.45, 7) is 0. The van der Waals surface area contributed by atoms with E-state index in [1.54, 1.807) is 0 Å². The van der Waals surface area contributed by atoms with Gasteiger partial charge in [0.05, 0.1) is 6.04 Å². The summed E-state index contributed by atoms with van der Waals surface area (Å²) in [6, 6.07) is 26.8. The number of rotatable bonds is 6. The van der Waals surface area contributed by atoms with Crippen molar-refractivity contribution in [3.05, 3.63) is 101 Å². The average Bonchev–Trinajstić information content (AvgIpc) is 2.63. The number of carbonyl (C=O) groups is 1.